The van der Waals surface area contributed by atoms with Gasteiger partial charge in [0.15, 0.2) is 9.84 Å². The molecule has 110 valence electrons. The van der Waals surface area contributed by atoms with Gasteiger partial charge in [0, 0.05) is 10.6 Å². The zero-order valence-corrected chi connectivity index (χ0v) is 12.9. The van der Waals surface area contributed by atoms with Crippen LogP contribution >= 0.6 is 11.6 Å². The Morgan fingerprint density at radius 3 is 2.33 bits per heavy atom. The number of ether oxygens (including phenoxy) is 1. The lowest BCUT2D eigenvalue weighted by molar-refractivity contribution is 0.477. The van der Waals surface area contributed by atoms with Crippen molar-refractivity contribution in [2.45, 2.75) is 5.75 Å². The summed E-state index contributed by atoms with van der Waals surface area (Å²) in [5, 5.41) is 0.108. The van der Waals surface area contributed by atoms with Gasteiger partial charge in [-0.3, -0.25) is 0 Å². The highest BCUT2D eigenvalue weighted by Gasteiger charge is 2.16. The maximum atomic E-state index is 12.0. The molecule has 0 N–H and O–H groups in total. The molecule has 2 rings (SSSR count). The van der Waals surface area contributed by atoms with Crippen molar-refractivity contribution >= 4 is 21.4 Å². The Balaban J connectivity index is 2.23. The lowest BCUT2D eigenvalue weighted by atomic mass is 10.2. The number of hydrogen-bond acceptors (Lipinski definition) is 3. The van der Waals surface area contributed by atoms with Crippen LogP contribution in [0.4, 0.5) is 0 Å². The van der Waals surface area contributed by atoms with Crippen molar-refractivity contribution < 1.29 is 13.2 Å². The fourth-order valence-corrected chi connectivity index (χ4v) is 3.66. The van der Waals surface area contributed by atoms with E-state index in [2.05, 4.69) is 6.58 Å². The van der Waals surface area contributed by atoms with Gasteiger partial charge < -0.3 is 4.74 Å². The molecule has 3 nitrogen and oxygen atoms in total. The van der Waals surface area contributed by atoms with Crippen LogP contribution in [0.2, 0.25) is 0 Å². The van der Waals surface area contributed by atoms with Crippen LogP contribution in [0.25, 0.3) is 0 Å². The predicted octanol–water partition coefficient (Wildman–Crippen LogP) is 4.15. The number of rotatable bonds is 6. The number of sulfone groups is 1. The van der Waals surface area contributed by atoms with E-state index in [-0.39, 0.29) is 16.5 Å². The highest BCUT2D eigenvalue weighted by atomic mass is 35.5. The molecule has 0 aliphatic carbocycles. The number of benzene rings is 2. The molecule has 0 bridgehead atoms. The van der Waals surface area contributed by atoms with E-state index in [9.17, 15) is 8.42 Å². The predicted molar refractivity (Wildman–Crippen MR) is 85.4 cm³/mol. The monoisotopic (exact) mass is 322 g/mol. The summed E-state index contributed by atoms with van der Waals surface area (Å²) < 4.78 is 29.8. The maximum Gasteiger partial charge on any atom is 0.159 e. The first-order chi connectivity index (χ1) is 9.96. The molecule has 0 aromatic heterocycles. The summed E-state index contributed by atoms with van der Waals surface area (Å²) in [6.07, 6.45) is 0. The van der Waals surface area contributed by atoms with E-state index in [1.165, 1.54) is 0 Å². The van der Waals surface area contributed by atoms with Gasteiger partial charge in [0.1, 0.15) is 11.5 Å². The molecule has 0 amide bonds. The molecular formula is C16H15ClO3S. The van der Waals surface area contributed by atoms with Crippen molar-refractivity contribution in [2.24, 2.45) is 0 Å². The first-order valence-electron chi connectivity index (χ1n) is 6.31. The Hall–Kier alpha value is -1.78. The molecule has 0 saturated heterocycles. The van der Waals surface area contributed by atoms with E-state index >= 15 is 0 Å². The summed E-state index contributed by atoms with van der Waals surface area (Å²) in [6.45, 7) is 3.43. The molecule has 0 spiro atoms. The highest BCUT2D eigenvalue weighted by molar-refractivity contribution is 7.90. The highest BCUT2D eigenvalue weighted by Crippen LogP contribution is 2.27. The zero-order chi connectivity index (χ0) is 15.3. The molecule has 0 unspecified atom stereocenters. The van der Waals surface area contributed by atoms with Crippen molar-refractivity contribution in [3.05, 3.63) is 71.8 Å². The van der Waals surface area contributed by atoms with E-state index in [0.717, 1.165) is 0 Å². The summed E-state index contributed by atoms with van der Waals surface area (Å²) in [6, 6.07) is 16.3. The molecular weight excluding hydrogens is 308 g/mol. The number of hydrogen-bond donors (Lipinski definition) is 0. The van der Waals surface area contributed by atoms with Crippen LogP contribution in [-0.2, 0) is 15.6 Å². The minimum absolute atomic E-state index is 0.108. The van der Waals surface area contributed by atoms with Crippen LogP contribution in [-0.4, -0.2) is 14.2 Å². The first kappa shape index (κ1) is 15.6. The zero-order valence-electron chi connectivity index (χ0n) is 11.3. The van der Waals surface area contributed by atoms with Gasteiger partial charge in [-0.2, -0.15) is 0 Å². The van der Waals surface area contributed by atoms with Crippen molar-refractivity contribution in [3.8, 4) is 11.5 Å². The standard InChI is InChI=1S/C16H15ClO3S/c1-13(17)11-21(18,19)12-14-7-5-6-10-16(14)20-15-8-3-2-4-9-15/h2-10H,1,11-12H2. The molecule has 0 atom stereocenters. The third-order valence-electron chi connectivity index (χ3n) is 2.70. The Morgan fingerprint density at radius 1 is 1.05 bits per heavy atom. The van der Waals surface area contributed by atoms with E-state index in [4.69, 9.17) is 16.3 Å². The van der Waals surface area contributed by atoms with Crippen LogP contribution in [0.5, 0.6) is 11.5 Å². The van der Waals surface area contributed by atoms with Gasteiger partial charge in [-0.25, -0.2) is 8.42 Å². The SMILES string of the molecule is C=C(Cl)CS(=O)(=O)Cc1ccccc1Oc1ccccc1. The lowest BCUT2D eigenvalue weighted by Crippen LogP contribution is -2.10. The molecule has 0 radical (unpaired) electrons. The second-order valence-electron chi connectivity index (χ2n) is 4.57. The summed E-state index contributed by atoms with van der Waals surface area (Å²) in [5.41, 5.74) is 0.597. The van der Waals surface area contributed by atoms with Gasteiger partial charge >= 0.3 is 0 Å². The topological polar surface area (TPSA) is 43.4 Å². The van der Waals surface area contributed by atoms with Gasteiger partial charge in [-0.05, 0) is 18.2 Å². The second kappa shape index (κ2) is 6.78. The average Bonchev–Trinajstić information content (AvgIpc) is 2.40. The summed E-state index contributed by atoms with van der Waals surface area (Å²) in [7, 11) is -3.36. The van der Waals surface area contributed by atoms with E-state index in [1.54, 1.807) is 24.3 Å². The molecule has 2 aromatic rings. The Bertz CT molecular complexity index is 724. The number of halogens is 1. The van der Waals surface area contributed by atoms with Crippen LogP contribution in [0.1, 0.15) is 5.56 Å². The molecule has 0 fully saturated rings. The Morgan fingerprint density at radius 2 is 1.67 bits per heavy atom. The third-order valence-corrected chi connectivity index (χ3v) is 4.53. The molecule has 21 heavy (non-hydrogen) atoms. The van der Waals surface area contributed by atoms with Crippen molar-refractivity contribution in [1.82, 2.24) is 0 Å². The minimum Gasteiger partial charge on any atom is -0.457 e. The van der Waals surface area contributed by atoms with Crippen molar-refractivity contribution in [2.75, 3.05) is 5.75 Å². The van der Waals surface area contributed by atoms with Gasteiger partial charge in [0.25, 0.3) is 0 Å². The van der Waals surface area contributed by atoms with Gasteiger partial charge in [-0.1, -0.05) is 54.6 Å². The fraction of sp³-hybridized carbons (Fsp3) is 0.125. The van der Waals surface area contributed by atoms with E-state index in [0.29, 0.717) is 17.1 Å². The molecule has 2 aromatic carbocycles. The molecule has 0 heterocycles. The minimum atomic E-state index is -3.36. The second-order valence-corrected chi connectivity index (χ2v) is 7.17. The molecule has 5 heteroatoms. The molecule has 0 aliphatic rings. The van der Waals surface area contributed by atoms with Crippen LogP contribution < -0.4 is 4.74 Å². The molecule has 0 aliphatic heterocycles. The maximum absolute atomic E-state index is 12.0. The fourth-order valence-electron chi connectivity index (χ4n) is 1.86. The van der Waals surface area contributed by atoms with E-state index < -0.39 is 9.84 Å². The summed E-state index contributed by atoms with van der Waals surface area (Å²) in [4.78, 5) is 0. The lowest BCUT2D eigenvalue weighted by Gasteiger charge is -2.11. The van der Waals surface area contributed by atoms with Gasteiger partial charge in [0.05, 0.1) is 11.5 Å². The molecule has 0 saturated carbocycles. The van der Waals surface area contributed by atoms with Crippen LogP contribution in [0, 0.1) is 0 Å². The first-order valence-corrected chi connectivity index (χ1v) is 8.51. The van der Waals surface area contributed by atoms with Gasteiger partial charge in [-0.15, -0.1) is 0 Å². The largest absolute Gasteiger partial charge is 0.457 e. The van der Waals surface area contributed by atoms with E-state index in [1.807, 2.05) is 30.3 Å². The van der Waals surface area contributed by atoms with Crippen molar-refractivity contribution in [3.63, 3.8) is 0 Å². The average molecular weight is 323 g/mol. The third kappa shape index (κ3) is 4.92. The van der Waals surface area contributed by atoms with Crippen LogP contribution in [0.15, 0.2) is 66.2 Å². The Kier molecular flexibility index (Phi) is 5.04. The van der Waals surface area contributed by atoms with Crippen molar-refractivity contribution in [1.29, 1.82) is 0 Å². The van der Waals surface area contributed by atoms with Crippen LogP contribution in [0.3, 0.4) is 0 Å². The summed E-state index contributed by atoms with van der Waals surface area (Å²) >= 11 is 5.59. The Labute approximate surface area is 129 Å². The quantitative estimate of drug-likeness (QED) is 0.802. The van der Waals surface area contributed by atoms with Gasteiger partial charge in [0.2, 0.25) is 0 Å². The number of para-hydroxylation sites is 2. The summed E-state index contributed by atoms with van der Waals surface area (Å²) in [5.74, 6) is 0.798. The smallest absolute Gasteiger partial charge is 0.159 e. The normalized spacial score (nSPS) is 11.1.